The summed E-state index contributed by atoms with van der Waals surface area (Å²) >= 11 is 0. The lowest BCUT2D eigenvalue weighted by molar-refractivity contribution is -0.274. The van der Waals surface area contributed by atoms with Gasteiger partial charge in [-0.15, -0.1) is 13.2 Å². The summed E-state index contributed by atoms with van der Waals surface area (Å²) in [7, 11) is 2.02. The molecular weight excluding hydrogens is 447 g/mol. The maximum absolute atomic E-state index is 13.2. The molecule has 0 amide bonds. The molecule has 0 radical (unpaired) electrons. The van der Waals surface area contributed by atoms with Crippen LogP contribution in [0.4, 0.5) is 36.3 Å². The molecule has 182 valence electrons. The fraction of sp³-hybridized carbons (Fsp3) is 0.522. The zero-order valence-corrected chi connectivity index (χ0v) is 18.9. The first-order chi connectivity index (χ1) is 16.8. The van der Waals surface area contributed by atoms with Crippen LogP contribution in [0, 0.1) is 0 Å². The normalized spacial score (nSPS) is 22.0. The summed E-state index contributed by atoms with van der Waals surface area (Å²) < 4.78 is 52.5. The molecule has 34 heavy (non-hydrogen) atoms. The van der Waals surface area contributed by atoms with Crippen molar-refractivity contribution in [3.8, 4) is 5.75 Å². The zero-order chi connectivity index (χ0) is 24.6. The van der Waals surface area contributed by atoms with Gasteiger partial charge in [0.05, 0.1) is 12.6 Å². The fourth-order valence-electron chi connectivity index (χ4n) is 4.64. The number of anilines is 4. The molecule has 0 bridgehead atoms. The highest BCUT2D eigenvalue weighted by molar-refractivity contribution is 5.88. The summed E-state index contributed by atoms with van der Waals surface area (Å²) in [6.07, 6.45) is 2.38. The molecule has 1 saturated heterocycles. The number of rotatable bonds is 5. The van der Waals surface area contributed by atoms with Crippen LogP contribution < -0.4 is 19.9 Å². The average molecular weight is 477 g/mol. The lowest BCUT2D eigenvalue weighted by atomic mass is 10.2. The van der Waals surface area contributed by atoms with Crippen LogP contribution in [0.3, 0.4) is 0 Å². The van der Waals surface area contributed by atoms with Crippen molar-refractivity contribution in [3.05, 3.63) is 30.0 Å². The zero-order valence-electron chi connectivity index (χ0n) is 19.9. The van der Waals surface area contributed by atoms with Gasteiger partial charge < -0.3 is 24.8 Å². The molecule has 11 heteroatoms. The summed E-state index contributed by atoms with van der Waals surface area (Å²) in [4.78, 5) is 19.2. The summed E-state index contributed by atoms with van der Waals surface area (Å²) in [6, 6.07) is 4.88. The molecule has 1 aromatic heterocycles. The number of hydrogen-bond donors (Lipinski definition) is 1. The fourth-order valence-corrected chi connectivity index (χ4v) is 4.64. The number of piperazine rings is 1. The number of hydrogen-bond acceptors (Lipinski definition) is 8. The van der Waals surface area contributed by atoms with E-state index in [1.165, 1.54) is 6.07 Å². The molecule has 1 atom stereocenters. The van der Waals surface area contributed by atoms with Gasteiger partial charge in [0, 0.05) is 56.4 Å². The maximum Gasteiger partial charge on any atom is 0.573 e. The molecule has 5 rings (SSSR count). The Morgan fingerprint density at radius 3 is 2.65 bits per heavy atom. The number of aromatic nitrogens is 2. The third-order valence-electron chi connectivity index (χ3n) is 6.47. The Morgan fingerprint density at radius 1 is 1.15 bits per heavy atom. The molecule has 1 unspecified atom stereocenters. The summed E-state index contributed by atoms with van der Waals surface area (Å²) in [5.74, 6) is 0.355. The molecule has 8 nitrogen and oxygen atoms in total. The summed E-state index contributed by atoms with van der Waals surface area (Å²) in [6.45, 7) is 2.29. The van der Waals surface area contributed by atoms with E-state index in [-0.39, 0.29) is 23.4 Å². The quantitative estimate of drug-likeness (QED) is 0.699. The Bertz CT molecular complexity index is 1090. The van der Waals surface area contributed by atoms with Gasteiger partial charge in [-0.3, -0.25) is 4.99 Å². The SMILES string of the molecule is [2H]C1N=Cc2cnc(Nc3ccc(N4CCN(C)CC4)cc3OC(F)(F)F)nc2N1C1CCCC1. The molecule has 1 saturated carbocycles. The van der Waals surface area contributed by atoms with E-state index >= 15 is 0 Å². The number of aliphatic imine (C=N–C) groups is 1. The van der Waals surface area contributed by atoms with Crippen LogP contribution in [0.2, 0.25) is 0 Å². The molecule has 1 aliphatic carbocycles. The van der Waals surface area contributed by atoms with Crippen LogP contribution in [-0.4, -0.2) is 73.4 Å². The Morgan fingerprint density at radius 2 is 1.91 bits per heavy atom. The maximum atomic E-state index is 13.2. The second kappa shape index (κ2) is 9.28. The van der Waals surface area contributed by atoms with Crippen LogP contribution in [0.15, 0.2) is 29.4 Å². The van der Waals surface area contributed by atoms with E-state index in [0.29, 0.717) is 17.1 Å². The van der Waals surface area contributed by atoms with Crippen molar-refractivity contribution in [1.29, 1.82) is 0 Å². The molecule has 3 aliphatic rings. The first-order valence-corrected chi connectivity index (χ1v) is 11.5. The Labute approximate surface area is 197 Å². The second-order valence-electron chi connectivity index (χ2n) is 8.86. The summed E-state index contributed by atoms with van der Waals surface area (Å²) in [5.41, 5.74) is 1.46. The number of likely N-dealkylation sites (N-methyl/N-ethyl adjacent to an activating group) is 1. The lowest BCUT2D eigenvalue weighted by Crippen LogP contribution is -2.44. The van der Waals surface area contributed by atoms with Gasteiger partial charge in [-0.05, 0) is 32.0 Å². The molecule has 1 N–H and O–H groups in total. The van der Waals surface area contributed by atoms with E-state index in [4.69, 9.17) is 1.37 Å². The van der Waals surface area contributed by atoms with Crippen molar-refractivity contribution in [1.82, 2.24) is 14.9 Å². The van der Waals surface area contributed by atoms with Gasteiger partial charge in [0.2, 0.25) is 5.95 Å². The number of nitrogens with zero attached hydrogens (tertiary/aromatic N) is 6. The Kier molecular flexibility index (Phi) is 5.86. The monoisotopic (exact) mass is 476 g/mol. The topological polar surface area (TPSA) is 69.1 Å². The number of fused-ring (bicyclic) bond motifs is 1. The smallest absolute Gasteiger partial charge is 0.403 e. The number of halogens is 3. The molecule has 2 aromatic rings. The Hall–Kier alpha value is -3.08. The highest BCUT2D eigenvalue weighted by Gasteiger charge is 2.33. The van der Waals surface area contributed by atoms with Crippen molar-refractivity contribution in [2.24, 2.45) is 4.99 Å². The lowest BCUT2D eigenvalue weighted by Gasteiger charge is -2.34. The molecule has 2 fully saturated rings. The highest BCUT2D eigenvalue weighted by Crippen LogP contribution is 2.36. The molecule has 3 heterocycles. The summed E-state index contributed by atoms with van der Waals surface area (Å²) in [5, 5.41) is 2.90. The van der Waals surface area contributed by atoms with Gasteiger partial charge in [0.1, 0.15) is 12.5 Å². The van der Waals surface area contributed by atoms with Crippen LogP contribution in [-0.2, 0) is 0 Å². The van der Waals surface area contributed by atoms with E-state index in [9.17, 15) is 13.2 Å². The number of ether oxygens (including phenoxy) is 1. The largest absolute Gasteiger partial charge is 0.573 e. The molecule has 2 aliphatic heterocycles. The van der Waals surface area contributed by atoms with Crippen LogP contribution in [0.25, 0.3) is 0 Å². The van der Waals surface area contributed by atoms with E-state index in [1.807, 2.05) is 16.8 Å². The number of alkyl halides is 3. The van der Waals surface area contributed by atoms with Gasteiger partial charge in [0.25, 0.3) is 0 Å². The van der Waals surface area contributed by atoms with Gasteiger partial charge in [0.15, 0.2) is 5.75 Å². The first kappa shape index (κ1) is 21.5. The van der Waals surface area contributed by atoms with Gasteiger partial charge in [-0.25, -0.2) is 4.98 Å². The van der Waals surface area contributed by atoms with Crippen molar-refractivity contribution in [3.63, 3.8) is 0 Å². The Balaban J connectivity index is 1.43. The average Bonchev–Trinajstić information content (AvgIpc) is 3.34. The molecule has 0 spiro atoms. The third kappa shape index (κ3) is 5.03. The minimum Gasteiger partial charge on any atom is -0.403 e. The molecule has 1 aromatic carbocycles. The second-order valence-corrected chi connectivity index (χ2v) is 8.86. The van der Waals surface area contributed by atoms with Crippen molar-refractivity contribution < 1.29 is 19.3 Å². The minimum absolute atomic E-state index is 0.111. The predicted octanol–water partition coefficient (Wildman–Crippen LogP) is 4.01. The van der Waals surface area contributed by atoms with Gasteiger partial charge in [-0.1, -0.05) is 12.8 Å². The van der Waals surface area contributed by atoms with E-state index in [0.717, 1.165) is 51.9 Å². The highest BCUT2D eigenvalue weighted by atomic mass is 19.4. The van der Waals surface area contributed by atoms with Gasteiger partial charge in [-0.2, -0.15) is 4.98 Å². The van der Waals surface area contributed by atoms with Crippen LogP contribution in [0.5, 0.6) is 5.75 Å². The standard InChI is InChI=1S/C23H28F3N7O/c1-31-8-10-32(11-9-31)18-6-7-19(20(12-18)34-23(24,25)26)29-22-28-14-16-13-27-15-33(21(16)30-22)17-4-2-3-5-17/h6-7,12-14,17H,2-5,8-11,15H2,1H3,(H,28,29,30)/i15D. The van der Waals surface area contributed by atoms with Crippen molar-refractivity contribution in [2.45, 2.75) is 38.1 Å². The van der Waals surface area contributed by atoms with E-state index < -0.39 is 13.0 Å². The van der Waals surface area contributed by atoms with Crippen molar-refractivity contribution >= 4 is 29.4 Å². The van der Waals surface area contributed by atoms with Crippen LogP contribution >= 0.6 is 0 Å². The predicted molar refractivity (Wildman–Crippen MR) is 125 cm³/mol. The van der Waals surface area contributed by atoms with E-state index in [1.54, 1.807) is 24.5 Å². The molecular formula is C23H28F3N7O. The minimum atomic E-state index is -4.85. The van der Waals surface area contributed by atoms with Crippen molar-refractivity contribution in [2.75, 3.05) is 55.0 Å². The first-order valence-electron chi connectivity index (χ1n) is 12.1. The van der Waals surface area contributed by atoms with Crippen LogP contribution in [0.1, 0.15) is 32.6 Å². The third-order valence-corrected chi connectivity index (χ3v) is 6.47. The van der Waals surface area contributed by atoms with E-state index in [2.05, 4.69) is 29.9 Å². The number of nitrogens with one attached hydrogen (secondary N) is 1. The van der Waals surface area contributed by atoms with Gasteiger partial charge >= 0.3 is 6.36 Å². The number of benzene rings is 1.